The molecule has 100 valence electrons. The normalized spacial score (nSPS) is 27.1. The molecule has 2 rings (SSSR count). The summed E-state index contributed by atoms with van der Waals surface area (Å²) in [5.74, 6) is -0.181. The maximum Gasteiger partial charge on any atom is 0.128 e. The number of hydrogen-bond donors (Lipinski definition) is 1. The Hall–Kier alpha value is -0.970. The maximum absolute atomic E-state index is 13.9. The topological polar surface area (TPSA) is 38.5 Å². The van der Waals surface area contributed by atoms with Crippen molar-refractivity contribution in [1.29, 1.82) is 0 Å². The molecule has 0 radical (unpaired) electrons. The summed E-state index contributed by atoms with van der Waals surface area (Å²) in [6.45, 7) is 6.00. The van der Waals surface area contributed by atoms with Gasteiger partial charge in [-0.3, -0.25) is 4.90 Å². The maximum atomic E-state index is 13.9. The zero-order chi connectivity index (χ0) is 13.1. The quantitative estimate of drug-likeness (QED) is 0.893. The van der Waals surface area contributed by atoms with E-state index in [1.807, 2.05) is 19.1 Å². The van der Waals surface area contributed by atoms with Gasteiger partial charge in [-0.15, -0.1) is 0 Å². The van der Waals surface area contributed by atoms with Crippen LogP contribution >= 0.6 is 0 Å². The second-order valence-corrected chi connectivity index (χ2v) is 4.96. The van der Waals surface area contributed by atoms with E-state index in [0.717, 1.165) is 6.54 Å². The number of benzene rings is 1. The standard InChI is InChI=1S/C14H21FN2O/c1-10-9-18-11(2)8-17(10)14(7-16)12-5-3-4-6-13(12)15/h3-6,10-11,14H,7-9,16H2,1-2H3. The molecule has 0 bridgehead atoms. The van der Waals surface area contributed by atoms with Crippen LogP contribution < -0.4 is 5.73 Å². The number of nitrogens with two attached hydrogens (primary N) is 1. The Morgan fingerprint density at radius 2 is 2.17 bits per heavy atom. The minimum absolute atomic E-state index is 0.0763. The summed E-state index contributed by atoms with van der Waals surface area (Å²) in [5, 5.41) is 0. The summed E-state index contributed by atoms with van der Waals surface area (Å²) in [7, 11) is 0. The fraction of sp³-hybridized carbons (Fsp3) is 0.571. The fourth-order valence-corrected chi connectivity index (χ4v) is 2.55. The molecule has 1 fully saturated rings. The first kappa shape index (κ1) is 13.5. The van der Waals surface area contributed by atoms with Crippen LogP contribution in [0.3, 0.4) is 0 Å². The van der Waals surface area contributed by atoms with E-state index in [0.29, 0.717) is 18.7 Å². The van der Waals surface area contributed by atoms with Crippen LogP contribution in [0.25, 0.3) is 0 Å². The summed E-state index contributed by atoms with van der Waals surface area (Å²) in [6, 6.07) is 7.06. The molecule has 0 saturated carbocycles. The average Bonchev–Trinajstić information content (AvgIpc) is 2.36. The van der Waals surface area contributed by atoms with Gasteiger partial charge in [-0.25, -0.2) is 4.39 Å². The van der Waals surface area contributed by atoms with Crippen molar-refractivity contribution in [3.8, 4) is 0 Å². The molecule has 3 nitrogen and oxygen atoms in total. The van der Waals surface area contributed by atoms with Crippen molar-refractivity contribution in [2.24, 2.45) is 5.73 Å². The zero-order valence-corrected chi connectivity index (χ0v) is 11.0. The Labute approximate surface area is 108 Å². The molecule has 0 aromatic heterocycles. The number of ether oxygens (including phenoxy) is 1. The van der Waals surface area contributed by atoms with Gasteiger partial charge in [-0.05, 0) is 19.9 Å². The summed E-state index contributed by atoms with van der Waals surface area (Å²) < 4.78 is 19.5. The molecule has 4 heteroatoms. The van der Waals surface area contributed by atoms with Gasteiger partial charge in [-0.1, -0.05) is 18.2 Å². The van der Waals surface area contributed by atoms with Crippen LogP contribution in [-0.2, 0) is 4.74 Å². The van der Waals surface area contributed by atoms with Crippen LogP contribution in [0.15, 0.2) is 24.3 Å². The summed E-state index contributed by atoms with van der Waals surface area (Å²) in [6.07, 6.45) is 0.169. The molecule has 3 atom stereocenters. The lowest BCUT2D eigenvalue weighted by atomic mass is 10.0. The first-order valence-corrected chi connectivity index (χ1v) is 6.45. The lowest BCUT2D eigenvalue weighted by Gasteiger charge is -2.41. The molecule has 1 saturated heterocycles. The van der Waals surface area contributed by atoms with Crippen LogP contribution in [0.5, 0.6) is 0 Å². The number of morpholine rings is 1. The molecule has 1 aliphatic heterocycles. The molecule has 1 aliphatic rings. The predicted molar refractivity (Wildman–Crippen MR) is 69.8 cm³/mol. The van der Waals surface area contributed by atoms with Crippen LogP contribution in [0.2, 0.25) is 0 Å². The highest BCUT2D eigenvalue weighted by atomic mass is 19.1. The highest BCUT2D eigenvalue weighted by molar-refractivity contribution is 5.22. The third-order valence-corrected chi connectivity index (χ3v) is 3.54. The minimum Gasteiger partial charge on any atom is -0.376 e. The second kappa shape index (κ2) is 5.78. The largest absolute Gasteiger partial charge is 0.376 e. The average molecular weight is 252 g/mol. The highest BCUT2D eigenvalue weighted by Gasteiger charge is 2.30. The third-order valence-electron chi connectivity index (χ3n) is 3.54. The van der Waals surface area contributed by atoms with Gasteiger partial charge in [0, 0.05) is 24.7 Å². The first-order chi connectivity index (χ1) is 8.63. The molecule has 1 heterocycles. The van der Waals surface area contributed by atoms with Crippen LogP contribution in [-0.4, -0.2) is 36.7 Å². The van der Waals surface area contributed by atoms with Crippen molar-refractivity contribution in [2.75, 3.05) is 19.7 Å². The Morgan fingerprint density at radius 1 is 1.44 bits per heavy atom. The number of hydrogen-bond acceptors (Lipinski definition) is 3. The number of halogens is 1. The predicted octanol–water partition coefficient (Wildman–Crippen LogP) is 1.93. The van der Waals surface area contributed by atoms with Crippen molar-refractivity contribution in [1.82, 2.24) is 4.90 Å². The van der Waals surface area contributed by atoms with E-state index >= 15 is 0 Å². The smallest absolute Gasteiger partial charge is 0.128 e. The van der Waals surface area contributed by atoms with Crippen LogP contribution in [0.1, 0.15) is 25.5 Å². The van der Waals surface area contributed by atoms with Crippen molar-refractivity contribution >= 4 is 0 Å². The molecule has 0 aliphatic carbocycles. The van der Waals surface area contributed by atoms with Gasteiger partial charge >= 0.3 is 0 Å². The van der Waals surface area contributed by atoms with Gasteiger partial charge in [0.15, 0.2) is 0 Å². The van der Waals surface area contributed by atoms with E-state index in [-0.39, 0.29) is 24.0 Å². The molecule has 0 amide bonds. The van der Waals surface area contributed by atoms with E-state index in [2.05, 4.69) is 11.8 Å². The van der Waals surface area contributed by atoms with Gasteiger partial charge in [0.05, 0.1) is 18.8 Å². The van der Waals surface area contributed by atoms with E-state index in [1.165, 1.54) is 6.07 Å². The third kappa shape index (κ3) is 2.71. The van der Waals surface area contributed by atoms with Crippen molar-refractivity contribution in [2.45, 2.75) is 32.0 Å². The Bertz CT molecular complexity index is 399. The molecular weight excluding hydrogens is 231 g/mol. The van der Waals surface area contributed by atoms with Gasteiger partial charge in [-0.2, -0.15) is 0 Å². The molecular formula is C14H21FN2O. The first-order valence-electron chi connectivity index (χ1n) is 6.45. The molecule has 3 unspecified atom stereocenters. The van der Waals surface area contributed by atoms with E-state index in [1.54, 1.807) is 6.07 Å². The van der Waals surface area contributed by atoms with Crippen molar-refractivity contribution in [3.05, 3.63) is 35.6 Å². The molecule has 0 spiro atoms. The van der Waals surface area contributed by atoms with E-state index in [4.69, 9.17) is 10.5 Å². The molecule has 1 aromatic carbocycles. The molecule has 18 heavy (non-hydrogen) atoms. The Morgan fingerprint density at radius 3 is 2.83 bits per heavy atom. The number of nitrogens with zero attached hydrogens (tertiary/aromatic N) is 1. The fourth-order valence-electron chi connectivity index (χ4n) is 2.55. The SMILES string of the molecule is CC1CN(C(CN)c2ccccc2F)C(C)CO1. The lowest BCUT2D eigenvalue weighted by Crippen LogP contribution is -2.50. The summed E-state index contributed by atoms with van der Waals surface area (Å²) >= 11 is 0. The molecule has 2 N–H and O–H groups in total. The van der Waals surface area contributed by atoms with Crippen LogP contribution in [0, 0.1) is 5.82 Å². The summed E-state index contributed by atoms with van der Waals surface area (Å²) in [5.41, 5.74) is 6.54. The second-order valence-electron chi connectivity index (χ2n) is 4.96. The summed E-state index contributed by atoms with van der Waals surface area (Å²) in [4.78, 5) is 2.24. The zero-order valence-electron chi connectivity index (χ0n) is 11.0. The lowest BCUT2D eigenvalue weighted by molar-refractivity contribution is -0.0658. The minimum atomic E-state index is -0.181. The highest BCUT2D eigenvalue weighted by Crippen LogP contribution is 2.27. The monoisotopic (exact) mass is 252 g/mol. The van der Waals surface area contributed by atoms with E-state index < -0.39 is 0 Å². The van der Waals surface area contributed by atoms with E-state index in [9.17, 15) is 4.39 Å². The van der Waals surface area contributed by atoms with Gasteiger partial charge in [0.2, 0.25) is 0 Å². The van der Waals surface area contributed by atoms with Gasteiger partial charge < -0.3 is 10.5 Å². The van der Waals surface area contributed by atoms with Crippen LogP contribution in [0.4, 0.5) is 4.39 Å². The van der Waals surface area contributed by atoms with Crippen molar-refractivity contribution in [3.63, 3.8) is 0 Å². The van der Waals surface area contributed by atoms with Gasteiger partial charge in [0.25, 0.3) is 0 Å². The Balaban J connectivity index is 2.25. The molecule has 1 aromatic rings. The van der Waals surface area contributed by atoms with Crippen molar-refractivity contribution < 1.29 is 9.13 Å². The van der Waals surface area contributed by atoms with Gasteiger partial charge in [0.1, 0.15) is 5.82 Å². The Kier molecular flexibility index (Phi) is 4.32. The number of rotatable bonds is 3.